The van der Waals surface area contributed by atoms with Crippen molar-refractivity contribution in [3.05, 3.63) is 53.6 Å². The van der Waals surface area contributed by atoms with Gasteiger partial charge in [-0.3, -0.25) is 4.79 Å². The van der Waals surface area contributed by atoms with Crippen molar-refractivity contribution >= 4 is 17.6 Å². The minimum Gasteiger partial charge on any atom is -0.507 e. The first kappa shape index (κ1) is 16.4. The average Bonchev–Trinajstić information content (AvgIpc) is 2.54. The average molecular weight is 315 g/mol. The first-order chi connectivity index (χ1) is 11.0. The Morgan fingerprint density at radius 1 is 1.13 bits per heavy atom. The largest absolute Gasteiger partial charge is 0.507 e. The van der Waals surface area contributed by atoms with Gasteiger partial charge in [0.15, 0.2) is 0 Å². The van der Waals surface area contributed by atoms with Crippen LogP contribution in [0, 0.1) is 0 Å². The van der Waals surface area contributed by atoms with E-state index in [-0.39, 0.29) is 22.9 Å². The topological polar surface area (TPSA) is 95.9 Å². The van der Waals surface area contributed by atoms with Crippen LogP contribution in [-0.2, 0) is 0 Å². The van der Waals surface area contributed by atoms with Crippen LogP contribution in [0.25, 0.3) is 0 Å². The molecule has 0 spiro atoms. The van der Waals surface area contributed by atoms with Gasteiger partial charge in [-0.05, 0) is 48.9 Å². The summed E-state index contributed by atoms with van der Waals surface area (Å²) < 4.78 is 5.44. The molecule has 3 N–H and O–H groups in total. The van der Waals surface area contributed by atoms with E-state index >= 15 is 0 Å². The maximum absolute atomic E-state index is 12.1. The number of amides is 1. The Bertz CT molecular complexity index is 709. The van der Waals surface area contributed by atoms with Crippen molar-refractivity contribution in [1.29, 1.82) is 0 Å². The molecule has 0 radical (unpaired) electrons. The smallest absolute Gasteiger partial charge is 0.339 e. The van der Waals surface area contributed by atoms with Crippen LogP contribution >= 0.6 is 0 Å². The van der Waals surface area contributed by atoms with Crippen molar-refractivity contribution < 1.29 is 24.5 Å². The fraction of sp³-hybridized carbons (Fsp3) is 0.176. The zero-order valence-corrected chi connectivity index (χ0v) is 12.6. The highest BCUT2D eigenvalue weighted by atomic mass is 16.5. The molecule has 2 aromatic rings. The lowest BCUT2D eigenvalue weighted by molar-refractivity contribution is 0.0693. The fourth-order valence-corrected chi connectivity index (χ4v) is 1.91. The number of rotatable bonds is 6. The van der Waals surface area contributed by atoms with E-state index in [1.807, 2.05) is 6.92 Å². The van der Waals surface area contributed by atoms with E-state index in [9.17, 15) is 14.7 Å². The van der Waals surface area contributed by atoms with E-state index in [0.717, 1.165) is 6.42 Å². The van der Waals surface area contributed by atoms with Gasteiger partial charge < -0.3 is 20.3 Å². The number of carbonyl (C=O) groups is 2. The highest BCUT2D eigenvalue weighted by Crippen LogP contribution is 2.22. The summed E-state index contributed by atoms with van der Waals surface area (Å²) in [5.41, 5.74) is 0.432. The molecule has 2 aromatic carbocycles. The standard InChI is InChI=1S/C17H17NO5/c1-2-9-23-13-6-3-11(4-7-13)16(20)18-12-5-8-15(19)14(10-12)17(21)22/h3-8,10,19H,2,9H2,1H3,(H,18,20)(H,21,22). The van der Waals surface area contributed by atoms with Gasteiger partial charge in [-0.1, -0.05) is 6.92 Å². The minimum atomic E-state index is -1.27. The quantitative estimate of drug-likeness (QED) is 0.712. The van der Waals surface area contributed by atoms with E-state index in [4.69, 9.17) is 9.84 Å². The molecule has 0 saturated heterocycles. The second-order valence-electron chi connectivity index (χ2n) is 4.86. The van der Waals surface area contributed by atoms with E-state index in [2.05, 4.69) is 5.32 Å². The van der Waals surface area contributed by atoms with Crippen LogP contribution in [-0.4, -0.2) is 28.7 Å². The monoisotopic (exact) mass is 315 g/mol. The summed E-state index contributed by atoms with van der Waals surface area (Å²) in [5, 5.41) is 21.0. The molecular formula is C17H17NO5. The van der Waals surface area contributed by atoms with Gasteiger partial charge in [-0.15, -0.1) is 0 Å². The predicted molar refractivity (Wildman–Crippen MR) is 85.2 cm³/mol. The lowest BCUT2D eigenvalue weighted by Crippen LogP contribution is -2.12. The number of aromatic hydroxyl groups is 1. The number of nitrogens with one attached hydrogen (secondary N) is 1. The summed E-state index contributed by atoms with van der Waals surface area (Å²) in [6.07, 6.45) is 0.898. The Hall–Kier alpha value is -3.02. The van der Waals surface area contributed by atoms with E-state index in [1.54, 1.807) is 24.3 Å². The first-order valence-corrected chi connectivity index (χ1v) is 7.11. The number of carbonyl (C=O) groups excluding carboxylic acids is 1. The van der Waals surface area contributed by atoms with Gasteiger partial charge in [-0.25, -0.2) is 4.79 Å². The van der Waals surface area contributed by atoms with Crippen molar-refractivity contribution in [1.82, 2.24) is 0 Å². The van der Waals surface area contributed by atoms with Crippen LogP contribution in [0.2, 0.25) is 0 Å². The van der Waals surface area contributed by atoms with Gasteiger partial charge in [-0.2, -0.15) is 0 Å². The van der Waals surface area contributed by atoms with Crippen LogP contribution in [0.5, 0.6) is 11.5 Å². The number of hydrogen-bond acceptors (Lipinski definition) is 4. The van der Waals surface area contributed by atoms with Crippen LogP contribution in [0.3, 0.4) is 0 Å². The van der Waals surface area contributed by atoms with Gasteiger partial charge in [0.2, 0.25) is 0 Å². The summed E-state index contributed by atoms with van der Waals surface area (Å²) >= 11 is 0. The molecule has 0 unspecified atom stereocenters. The van der Waals surface area contributed by atoms with Crippen LogP contribution in [0.4, 0.5) is 5.69 Å². The summed E-state index contributed by atoms with van der Waals surface area (Å²) in [6, 6.07) is 10.5. The molecule has 2 rings (SSSR count). The molecule has 0 atom stereocenters. The molecule has 120 valence electrons. The van der Waals surface area contributed by atoms with Crippen molar-refractivity contribution in [3.8, 4) is 11.5 Å². The molecule has 0 aromatic heterocycles. The second-order valence-corrected chi connectivity index (χ2v) is 4.86. The second kappa shape index (κ2) is 7.31. The third-order valence-corrected chi connectivity index (χ3v) is 3.07. The zero-order valence-electron chi connectivity index (χ0n) is 12.6. The maximum atomic E-state index is 12.1. The van der Waals surface area contributed by atoms with Gasteiger partial charge in [0.25, 0.3) is 5.91 Å². The van der Waals surface area contributed by atoms with E-state index in [0.29, 0.717) is 17.9 Å². The predicted octanol–water partition coefficient (Wildman–Crippen LogP) is 3.13. The summed E-state index contributed by atoms with van der Waals surface area (Å²) in [7, 11) is 0. The highest BCUT2D eigenvalue weighted by Gasteiger charge is 2.12. The molecule has 0 saturated carbocycles. The highest BCUT2D eigenvalue weighted by molar-refractivity contribution is 6.05. The molecule has 6 heteroatoms. The van der Waals surface area contributed by atoms with Crippen molar-refractivity contribution in [2.75, 3.05) is 11.9 Å². The zero-order chi connectivity index (χ0) is 16.8. The molecule has 0 aliphatic carbocycles. The molecule has 23 heavy (non-hydrogen) atoms. The molecule has 0 fully saturated rings. The van der Waals surface area contributed by atoms with Crippen molar-refractivity contribution in [2.45, 2.75) is 13.3 Å². The van der Waals surface area contributed by atoms with Crippen molar-refractivity contribution in [2.24, 2.45) is 0 Å². The number of anilines is 1. The molecule has 6 nitrogen and oxygen atoms in total. The normalized spacial score (nSPS) is 10.1. The number of carboxylic acid groups (broad SMARTS) is 1. The lowest BCUT2D eigenvalue weighted by atomic mass is 10.1. The summed E-state index contributed by atoms with van der Waals surface area (Å²) in [6.45, 7) is 2.61. The molecule has 0 bridgehead atoms. The number of aromatic carboxylic acids is 1. The Labute approximate surface area is 133 Å². The molecule has 0 aliphatic heterocycles. The van der Waals surface area contributed by atoms with Gasteiger partial charge in [0.1, 0.15) is 17.1 Å². The maximum Gasteiger partial charge on any atom is 0.339 e. The molecule has 1 amide bonds. The third-order valence-electron chi connectivity index (χ3n) is 3.07. The first-order valence-electron chi connectivity index (χ1n) is 7.11. The van der Waals surface area contributed by atoms with Gasteiger partial charge in [0.05, 0.1) is 6.61 Å². The minimum absolute atomic E-state index is 0.272. The summed E-state index contributed by atoms with van der Waals surface area (Å²) in [5.74, 6) is -1.32. The van der Waals surface area contributed by atoms with E-state index in [1.165, 1.54) is 18.2 Å². The summed E-state index contributed by atoms with van der Waals surface area (Å²) in [4.78, 5) is 23.1. The van der Waals surface area contributed by atoms with Crippen molar-refractivity contribution in [3.63, 3.8) is 0 Å². The number of benzene rings is 2. The van der Waals surface area contributed by atoms with Crippen LogP contribution < -0.4 is 10.1 Å². The number of carboxylic acids is 1. The Kier molecular flexibility index (Phi) is 5.19. The number of phenols is 1. The third kappa shape index (κ3) is 4.23. The van der Waals surface area contributed by atoms with Crippen LogP contribution in [0.15, 0.2) is 42.5 Å². The number of ether oxygens (including phenoxy) is 1. The molecule has 0 aliphatic rings. The number of hydrogen-bond donors (Lipinski definition) is 3. The van der Waals surface area contributed by atoms with Crippen LogP contribution in [0.1, 0.15) is 34.1 Å². The van der Waals surface area contributed by atoms with Gasteiger partial charge in [0, 0.05) is 11.3 Å². The Morgan fingerprint density at radius 3 is 2.43 bits per heavy atom. The molecule has 0 heterocycles. The van der Waals surface area contributed by atoms with Gasteiger partial charge >= 0.3 is 5.97 Å². The lowest BCUT2D eigenvalue weighted by Gasteiger charge is -2.08. The Balaban J connectivity index is 2.09. The Morgan fingerprint density at radius 2 is 1.83 bits per heavy atom. The fourth-order valence-electron chi connectivity index (χ4n) is 1.91. The SMILES string of the molecule is CCCOc1ccc(C(=O)Nc2ccc(O)c(C(=O)O)c2)cc1. The molecular weight excluding hydrogens is 298 g/mol. The van der Waals surface area contributed by atoms with E-state index < -0.39 is 5.97 Å².